The highest BCUT2D eigenvalue weighted by Crippen LogP contribution is 2.50. The molecule has 3 nitrogen and oxygen atoms in total. The first kappa shape index (κ1) is 31.8. The van der Waals surface area contributed by atoms with Crippen molar-refractivity contribution in [2.75, 3.05) is 0 Å². The lowest BCUT2D eigenvalue weighted by molar-refractivity contribution is 0.669. The molecule has 0 saturated carbocycles. The van der Waals surface area contributed by atoms with Gasteiger partial charge in [0.15, 0.2) is 0 Å². The Balaban J connectivity index is 1.05. The molecule has 0 bridgehead atoms. The van der Waals surface area contributed by atoms with Crippen molar-refractivity contribution in [1.82, 2.24) is 4.40 Å². The van der Waals surface area contributed by atoms with Crippen LogP contribution in [-0.2, 0) is 0 Å². The average Bonchev–Trinajstić information content (AvgIpc) is 4.04. The van der Waals surface area contributed by atoms with Crippen molar-refractivity contribution in [3.63, 3.8) is 0 Å². The van der Waals surface area contributed by atoms with Gasteiger partial charge in [0, 0.05) is 43.1 Å². The Morgan fingerprint density at radius 2 is 0.672 bits per heavy atom. The van der Waals surface area contributed by atoms with Crippen LogP contribution in [0.3, 0.4) is 0 Å². The zero-order valence-corrected chi connectivity index (χ0v) is 32.7. The van der Waals surface area contributed by atoms with E-state index in [1.165, 1.54) is 103 Å². The van der Waals surface area contributed by atoms with Gasteiger partial charge in [0.2, 0.25) is 0 Å². The number of benzene rings is 11. The second-order valence-electron chi connectivity index (χ2n) is 16.8. The van der Waals surface area contributed by atoms with E-state index in [1.54, 1.807) is 0 Å². The smallest absolute Gasteiger partial charge is 0.136 e. The Hall–Kier alpha value is -8.14. The highest BCUT2D eigenvalue weighted by molar-refractivity contribution is 6.33. The molecular formula is C58H31NO2. The number of rotatable bonds is 2. The molecule has 0 spiro atoms. The lowest BCUT2D eigenvalue weighted by atomic mass is 9.90. The van der Waals surface area contributed by atoms with Crippen molar-refractivity contribution in [2.24, 2.45) is 0 Å². The molecule has 15 rings (SSSR count). The van der Waals surface area contributed by atoms with Crippen LogP contribution >= 0.6 is 0 Å². The predicted molar refractivity (Wildman–Crippen MR) is 257 cm³/mol. The second kappa shape index (κ2) is 11.3. The largest absolute Gasteiger partial charge is 0.456 e. The molecule has 0 aliphatic heterocycles. The Kier molecular flexibility index (Phi) is 5.90. The van der Waals surface area contributed by atoms with Crippen LogP contribution in [-0.4, -0.2) is 4.40 Å². The summed E-state index contributed by atoms with van der Waals surface area (Å²) in [5.41, 5.74) is 12.2. The molecular weight excluding hydrogens is 743 g/mol. The minimum Gasteiger partial charge on any atom is -0.456 e. The number of aromatic nitrogens is 1. The number of hydrogen-bond donors (Lipinski definition) is 0. The van der Waals surface area contributed by atoms with Crippen molar-refractivity contribution in [2.45, 2.75) is 0 Å². The fourth-order valence-electron chi connectivity index (χ4n) is 11.0. The van der Waals surface area contributed by atoms with Crippen LogP contribution in [0.4, 0.5) is 0 Å². The lowest BCUT2D eigenvalue weighted by Crippen LogP contribution is -1.89. The lowest BCUT2D eigenvalue weighted by Gasteiger charge is -2.13. The first-order valence-electron chi connectivity index (χ1n) is 21.0. The highest BCUT2D eigenvalue weighted by Gasteiger charge is 2.25. The maximum absolute atomic E-state index is 6.50. The number of nitrogens with zero attached hydrogens (tertiary/aromatic N) is 1. The van der Waals surface area contributed by atoms with Crippen LogP contribution in [0.2, 0.25) is 0 Å². The minimum atomic E-state index is 0.902. The topological polar surface area (TPSA) is 30.7 Å². The van der Waals surface area contributed by atoms with Crippen LogP contribution in [0.1, 0.15) is 0 Å². The standard InChI is InChI=1S/C58H31NO2/c1-3-12-34-30-52-46(24-32(34)10-1)44-26-38(20-22-50(44)60-52)54-40-16-7-5-14-36(40)28-48-56(54)42-18-9-19-43-57-49(59(48)58(42)43)29-37-15-6-8-17-41(37)55(57)39-21-23-51-45(27-39)47-25-33-11-2-4-13-35(33)31-53(47)61-51/h1-31H. The van der Waals surface area contributed by atoms with Gasteiger partial charge in [-0.25, -0.2) is 0 Å². The zero-order chi connectivity index (χ0) is 39.5. The quantitative estimate of drug-likeness (QED) is 0.175. The molecule has 0 N–H and O–H groups in total. The first-order valence-corrected chi connectivity index (χ1v) is 21.0. The summed E-state index contributed by atoms with van der Waals surface area (Å²) in [6, 6.07) is 69.0. The predicted octanol–water partition coefficient (Wildman–Crippen LogP) is 16.6. The zero-order valence-electron chi connectivity index (χ0n) is 32.7. The molecule has 0 atom stereocenters. The first-order chi connectivity index (χ1) is 30.2. The van der Waals surface area contributed by atoms with E-state index in [-0.39, 0.29) is 0 Å². The Labute approximate surface area is 347 Å². The molecule has 4 heterocycles. The molecule has 4 aromatic heterocycles. The van der Waals surface area contributed by atoms with Crippen LogP contribution in [0.15, 0.2) is 197 Å². The van der Waals surface area contributed by atoms with Crippen molar-refractivity contribution in [3.05, 3.63) is 188 Å². The van der Waals surface area contributed by atoms with Gasteiger partial charge in [0.1, 0.15) is 22.3 Å². The average molecular weight is 774 g/mol. The van der Waals surface area contributed by atoms with Crippen LogP contribution in [0, 0.1) is 0 Å². The SMILES string of the molecule is c1ccc2cc3c(cc2c1)oc1ccc(-c2c4ccccc4cc4c2c2cccc5c6c(-c7ccc8oc9cc%10ccccc%10cc9c8c7)c7ccccc7cc6n4c25)cc13. The fourth-order valence-corrected chi connectivity index (χ4v) is 11.0. The fraction of sp³-hybridized carbons (Fsp3) is 0. The van der Waals surface area contributed by atoms with Gasteiger partial charge in [-0.3, -0.25) is 0 Å². The van der Waals surface area contributed by atoms with Crippen molar-refractivity contribution in [1.29, 1.82) is 0 Å². The minimum absolute atomic E-state index is 0.902. The van der Waals surface area contributed by atoms with Crippen molar-refractivity contribution in [3.8, 4) is 22.3 Å². The summed E-state index contributed by atoms with van der Waals surface area (Å²) in [7, 11) is 0. The maximum atomic E-state index is 6.50. The highest BCUT2D eigenvalue weighted by atomic mass is 16.3. The monoisotopic (exact) mass is 773 g/mol. The molecule has 0 aliphatic rings. The van der Waals surface area contributed by atoms with Crippen LogP contribution < -0.4 is 0 Å². The summed E-state index contributed by atoms with van der Waals surface area (Å²) in [5, 5.41) is 19.3. The van der Waals surface area contributed by atoms with E-state index in [4.69, 9.17) is 8.83 Å². The van der Waals surface area contributed by atoms with Crippen molar-refractivity contribution < 1.29 is 8.83 Å². The Morgan fingerprint density at radius 3 is 1.15 bits per heavy atom. The van der Waals surface area contributed by atoms with E-state index in [0.29, 0.717) is 0 Å². The van der Waals surface area contributed by atoms with E-state index >= 15 is 0 Å². The molecule has 0 aliphatic carbocycles. The van der Waals surface area contributed by atoms with E-state index < -0.39 is 0 Å². The summed E-state index contributed by atoms with van der Waals surface area (Å²) >= 11 is 0. The number of para-hydroxylation sites is 1. The summed E-state index contributed by atoms with van der Waals surface area (Å²) in [4.78, 5) is 0. The Morgan fingerprint density at radius 1 is 0.279 bits per heavy atom. The van der Waals surface area contributed by atoms with Gasteiger partial charge in [-0.1, -0.05) is 127 Å². The molecule has 0 unspecified atom stereocenters. The molecule has 3 heteroatoms. The number of hydrogen-bond acceptors (Lipinski definition) is 2. The normalized spacial score (nSPS) is 12.6. The van der Waals surface area contributed by atoms with E-state index in [0.717, 1.165) is 43.9 Å². The third-order valence-electron chi connectivity index (χ3n) is 13.6. The molecule has 61 heavy (non-hydrogen) atoms. The van der Waals surface area contributed by atoms with Gasteiger partial charge in [-0.2, -0.15) is 0 Å². The molecule has 0 fully saturated rings. The number of fused-ring (bicyclic) bond motifs is 16. The van der Waals surface area contributed by atoms with E-state index in [1.807, 2.05) is 0 Å². The summed E-state index contributed by atoms with van der Waals surface area (Å²) < 4.78 is 15.5. The summed E-state index contributed by atoms with van der Waals surface area (Å²) in [5.74, 6) is 0. The van der Waals surface area contributed by atoms with E-state index in [2.05, 4.69) is 192 Å². The third kappa shape index (κ3) is 4.17. The van der Waals surface area contributed by atoms with Crippen LogP contribution in [0.5, 0.6) is 0 Å². The van der Waals surface area contributed by atoms with Gasteiger partial charge in [0.05, 0.1) is 16.6 Å². The Bertz CT molecular complexity index is 4130. The van der Waals surface area contributed by atoms with Gasteiger partial charge in [0.25, 0.3) is 0 Å². The molecule has 15 aromatic rings. The van der Waals surface area contributed by atoms with E-state index in [9.17, 15) is 0 Å². The molecule has 0 radical (unpaired) electrons. The van der Waals surface area contributed by atoms with Gasteiger partial charge >= 0.3 is 0 Å². The molecule has 0 amide bonds. The molecule has 11 aromatic carbocycles. The maximum Gasteiger partial charge on any atom is 0.136 e. The second-order valence-corrected chi connectivity index (χ2v) is 16.8. The van der Waals surface area contributed by atoms with Gasteiger partial charge in [-0.15, -0.1) is 0 Å². The summed E-state index contributed by atoms with van der Waals surface area (Å²) in [6.45, 7) is 0. The van der Waals surface area contributed by atoms with Gasteiger partial charge < -0.3 is 13.2 Å². The number of furan rings is 2. The molecule has 280 valence electrons. The third-order valence-corrected chi connectivity index (χ3v) is 13.6. The van der Waals surface area contributed by atoms with Crippen LogP contribution in [0.25, 0.3) is 147 Å². The van der Waals surface area contributed by atoms with Crippen molar-refractivity contribution >= 4 is 125 Å². The summed E-state index contributed by atoms with van der Waals surface area (Å²) in [6.07, 6.45) is 0. The molecule has 0 saturated heterocycles. The van der Waals surface area contributed by atoms with Gasteiger partial charge in [-0.05, 0) is 126 Å².